The first-order valence-electron chi connectivity index (χ1n) is 9.00. The minimum atomic E-state index is -4.53. The van der Waals surface area contributed by atoms with Gasteiger partial charge in [-0.1, -0.05) is 42.5 Å². The van der Waals surface area contributed by atoms with Crippen molar-refractivity contribution in [1.82, 2.24) is 0 Å². The molecule has 3 aromatic rings. The zero-order chi connectivity index (χ0) is 22.6. The number of nitrogens with zero attached hydrogens (tertiary/aromatic N) is 1. The van der Waals surface area contributed by atoms with E-state index in [9.17, 15) is 32.9 Å². The fourth-order valence-electron chi connectivity index (χ4n) is 2.99. The molecule has 0 fully saturated rings. The predicted molar refractivity (Wildman–Crippen MR) is 107 cm³/mol. The van der Waals surface area contributed by atoms with Crippen molar-refractivity contribution in [3.63, 3.8) is 0 Å². The standard InChI is InChI=1S/C22H15F3N2O4/c23-22(24,25)15-7-5-6-14(12-15)13-20(28)16-8-1-3-10-18(16)26-21(29)17-9-2-4-11-19(17)27(30)31/h1-12H,13H2,(H,26,29). The number of nitrogens with one attached hydrogen (secondary N) is 1. The highest BCUT2D eigenvalue weighted by Crippen LogP contribution is 2.30. The number of nitro benzene ring substituents is 1. The molecule has 3 aromatic carbocycles. The number of halogens is 3. The highest BCUT2D eigenvalue weighted by Gasteiger charge is 2.30. The smallest absolute Gasteiger partial charge is 0.321 e. The molecule has 0 bridgehead atoms. The Balaban J connectivity index is 1.85. The molecule has 1 N–H and O–H groups in total. The van der Waals surface area contributed by atoms with Gasteiger partial charge in [0.05, 0.1) is 16.2 Å². The van der Waals surface area contributed by atoms with E-state index in [1.54, 1.807) is 12.1 Å². The highest BCUT2D eigenvalue weighted by molar-refractivity contribution is 6.11. The van der Waals surface area contributed by atoms with Crippen LogP contribution in [0.2, 0.25) is 0 Å². The van der Waals surface area contributed by atoms with Gasteiger partial charge in [-0.15, -0.1) is 0 Å². The first-order valence-corrected chi connectivity index (χ1v) is 9.00. The molecule has 31 heavy (non-hydrogen) atoms. The van der Waals surface area contributed by atoms with E-state index in [2.05, 4.69) is 5.32 Å². The van der Waals surface area contributed by atoms with Gasteiger partial charge in [0.1, 0.15) is 5.56 Å². The van der Waals surface area contributed by atoms with E-state index >= 15 is 0 Å². The minimum Gasteiger partial charge on any atom is -0.321 e. The molecule has 6 nitrogen and oxygen atoms in total. The summed E-state index contributed by atoms with van der Waals surface area (Å²) in [5.41, 5.74) is -1.11. The Labute approximate surface area is 174 Å². The van der Waals surface area contributed by atoms with Crippen LogP contribution in [0.5, 0.6) is 0 Å². The van der Waals surface area contributed by atoms with Gasteiger partial charge in [-0.25, -0.2) is 0 Å². The van der Waals surface area contributed by atoms with Gasteiger partial charge in [0.2, 0.25) is 0 Å². The fraction of sp³-hybridized carbons (Fsp3) is 0.0909. The van der Waals surface area contributed by atoms with E-state index in [0.717, 1.165) is 12.1 Å². The van der Waals surface area contributed by atoms with Gasteiger partial charge in [-0.2, -0.15) is 13.2 Å². The Morgan fingerprint density at radius 3 is 2.23 bits per heavy atom. The number of amides is 1. The van der Waals surface area contributed by atoms with E-state index < -0.39 is 34.0 Å². The summed E-state index contributed by atoms with van der Waals surface area (Å²) in [7, 11) is 0. The van der Waals surface area contributed by atoms with Gasteiger partial charge in [0, 0.05) is 18.1 Å². The van der Waals surface area contributed by atoms with Crippen LogP contribution in [-0.4, -0.2) is 16.6 Å². The Morgan fingerprint density at radius 1 is 0.903 bits per heavy atom. The average Bonchev–Trinajstić information content (AvgIpc) is 2.73. The van der Waals surface area contributed by atoms with Crippen LogP contribution < -0.4 is 5.32 Å². The van der Waals surface area contributed by atoms with Gasteiger partial charge in [-0.3, -0.25) is 19.7 Å². The third-order valence-electron chi connectivity index (χ3n) is 4.44. The molecule has 0 aliphatic carbocycles. The second-order valence-electron chi connectivity index (χ2n) is 6.57. The maximum absolute atomic E-state index is 12.9. The molecule has 0 aliphatic rings. The quantitative estimate of drug-likeness (QED) is 0.328. The molecule has 0 saturated carbocycles. The monoisotopic (exact) mass is 428 g/mol. The van der Waals surface area contributed by atoms with E-state index in [0.29, 0.717) is 0 Å². The van der Waals surface area contributed by atoms with E-state index in [1.165, 1.54) is 48.5 Å². The molecule has 0 heterocycles. The fourth-order valence-corrected chi connectivity index (χ4v) is 2.99. The average molecular weight is 428 g/mol. The zero-order valence-corrected chi connectivity index (χ0v) is 15.8. The number of benzene rings is 3. The first kappa shape index (κ1) is 21.7. The summed E-state index contributed by atoms with van der Waals surface area (Å²) >= 11 is 0. The molecular weight excluding hydrogens is 413 g/mol. The molecule has 158 valence electrons. The van der Waals surface area contributed by atoms with Gasteiger partial charge in [-0.05, 0) is 29.8 Å². The summed E-state index contributed by atoms with van der Waals surface area (Å²) in [6, 6.07) is 15.7. The molecule has 3 rings (SSSR count). The van der Waals surface area contributed by atoms with Crippen LogP contribution in [0.25, 0.3) is 0 Å². The zero-order valence-electron chi connectivity index (χ0n) is 15.8. The van der Waals surface area contributed by atoms with E-state index in [-0.39, 0.29) is 28.8 Å². The number of alkyl halides is 3. The lowest BCUT2D eigenvalue weighted by atomic mass is 9.99. The lowest BCUT2D eigenvalue weighted by Crippen LogP contribution is -2.17. The third kappa shape index (κ3) is 5.13. The van der Waals surface area contributed by atoms with E-state index in [1.807, 2.05) is 0 Å². The number of nitro groups is 1. The lowest BCUT2D eigenvalue weighted by molar-refractivity contribution is -0.385. The van der Waals surface area contributed by atoms with Gasteiger partial charge in [0.25, 0.3) is 11.6 Å². The van der Waals surface area contributed by atoms with Gasteiger partial charge >= 0.3 is 6.18 Å². The van der Waals surface area contributed by atoms with Gasteiger partial charge in [0.15, 0.2) is 5.78 Å². The molecule has 0 radical (unpaired) electrons. The number of para-hydroxylation sites is 2. The highest BCUT2D eigenvalue weighted by atomic mass is 19.4. The van der Waals surface area contributed by atoms with Crippen molar-refractivity contribution in [1.29, 1.82) is 0 Å². The molecule has 1 amide bonds. The molecule has 9 heteroatoms. The first-order chi connectivity index (χ1) is 14.7. The van der Waals surface area contributed by atoms with Crippen LogP contribution >= 0.6 is 0 Å². The number of anilines is 1. The Bertz CT molecular complexity index is 1160. The maximum atomic E-state index is 12.9. The van der Waals surface area contributed by atoms with Crippen LogP contribution in [-0.2, 0) is 12.6 Å². The molecule has 0 atom stereocenters. The van der Waals surface area contributed by atoms with Crippen LogP contribution in [0.3, 0.4) is 0 Å². The maximum Gasteiger partial charge on any atom is 0.416 e. The number of hydrogen-bond acceptors (Lipinski definition) is 4. The second kappa shape index (κ2) is 8.78. The van der Waals surface area contributed by atoms with Crippen molar-refractivity contribution in [2.45, 2.75) is 12.6 Å². The molecule has 0 aromatic heterocycles. The second-order valence-corrected chi connectivity index (χ2v) is 6.57. The van der Waals surface area contributed by atoms with E-state index in [4.69, 9.17) is 0 Å². The summed E-state index contributed by atoms with van der Waals surface area (Å²) in [4.78, 5) is 35.8. The molecular formula is C22H15F3N2O4. The minimum absolute atomic E-state index is 0.0758. The molecule has 0 spiro atoms. The number of Topliss-reactive ketones (excluding diaryl/α,β-unsaturated/α-hetero) is 1. The number of ketones is 1. The number of hydrogen-bond donors (Lipinski definition) is 1. The summed E-state index contributed by atoms with van der Waals surface area (Å²) in [5.74, 6) is -1.30. The van der Waals surface area contributed by atoms with Crippen LogP contribution in [0.4, 0.5) is 24.5 Å². The summed E-state index contributed by atoms with van der Waals surface area (Å²) in [6.45, 7) is 0. The Kier molecular flexibility index (Phi) is 6.15. The van der Waals surface area contributed by atoms with Crippen LogP contribution in [0.1, 0.15) is 31.8 Å². The molecule has 0 saturated heterocycles. The SMILES string of the molecule is O=C(Cc1cccc(C(F)(F)F)c1)c1ccccc1NC(=O)c1ccccc1[N+](=O)[O-]. The van der Waals surface area contributed by atoms with Crippen LogP contribution in [0.15, 0.2) is 72.8 Å². The summed E-state index contributed by atoms with van der Waals surface area (Å²) < 4.78 is 38.7. The Morgan fingerprint density at radius 2 is 1.55 bits per heavy atom. The van der Waals surface area contributed by atoms with Crippen molar-refractivity contribution < 1.29 is 27.7 Å². The normalized spacial score (nSPS) is 11.1. The van der Waals surface area contributed by atoms with Crippen molar-refractivity contribution in [2.24, 2.45) is 0 Å². The predicted octanol–water partition coefficient (Wildman–Crippen LogP) is 5.29. The largest absolute Gasteiger partial charge is 0.416 e. The van der Waals surface area contributed by atoms with Crippen molar-refractivity contribution >= 4 is 23.1 Å². The Hall–Kier alpha value is -4.01. The molecule has 0 aliphatic heterocycles. The van der Waals surface area contributed by atoms with Crippen molar-refractivity contribution in [2.75, 3.05) is 5.32 Å². The van der Waals surface area contributed by atoms with Crippen LogP contribution in [0, 0.1) is 10.1 Å². The van der Waals surface area contributed by atoms with Gasteiger partial charge < -0.3 is 5.32 Å². The topological polar surface area (TPSA) is 89.3 Å². The summed E-state index contributed by atoms with van der Waals surface area (Å²) in [5, 5.41) is 13.6. The number of rotatable bonds is 6. The number of carbonyl (C=O) groups is 2. The third-order valence-corrected chi connectivity index (χ3v) is 4.44. The lowest BCUT2D eigenvalue weighted by Gasteiger charge is -2.12. The van der Waals surface area contributed by atoms with Crippen molar-refractivity contribution in [3.8, 4) is 0 Å². The molecule has 0 unspecified atom stereocenters. The van der Waals surface area contributed by atoms with Crippen molar-refractivity contribution in [3.05, 3.63) is 105 Å². The number of carbonyl (C=O) groups excluding carboxylic acids is 2. The summed E-state index contributed by atoms with van der Waals surface area (Å²) in [6.07, 6.45) is -4.85.